The molecule has 1 saturated heterocycles. The van der Waals surface area contributed by atoms with E-state index in [4.69, 9.17) is 9.16 Å². The van der Waals surface area contributed by atoms with Crippen LogP contribution in [0.5, 0.6) is 0 Å². The molecule has 2 aliphatic heterocycles. The molecule has 0 aromatic rings. The summed E-state index contributed by atoms with van der Waals surface area (Å²) in [7, 11) is -2.08. The zero-order chi connectivity index (χ0) is 18.7. The van der Waals surface area contributed by atoms with Crippen molar-refractivity contribution in [1.29, 1.82) is 0 Å². The number of fused-ring (bicyclic) bond motifs is 1. The molecular weight excluding hydrogens is 400 g/mol. The van der Waals surface area contributed by atoms with Crippen molar-refractivity contribution in [3.05, 3.63) is 11.6 Å². The van der Waals surface area contributed by atoms with Crippen LogP contribution in [0.15, 0.2) is 11.6 Å². The second kappa shape index (κ2) is 6.55. The monoisotopic (exact) mass is 430 g/mol. The fraction of sp³-hybridized carbons (Fsp3) is 0.842. The molecule has 2 heterocycles. The predicted octanol–water partition coefficient (Wildman–Crippen LogP) is 4.11. The summed E-state index contributed by atoms with van der Waals surface area (Å²) in [5.74, 6) is 0.0473. The molecule has 1 aliphatic carbocycles. The fourth-order valence-electron chi connectivity index (χ4n) is 5.45. The van der Waals surface area contributed by atoms with Crippen LogP contribution in [0.4, 0.5) is 0 Å². The fourth-order valence-corrected chi connectivity index (χ4v) is 11.7. The zero-order valence-corrected chi connectivity index (χ0v) is 18.7. The third-order valence-electron chi connectivity index (χ3n) is 6.54. The van der Waals surface area contributed by atoms with Gasteiger partial charge in [-0.2, -0.15) is 0 Å². The molecule has 2 bridgehead atoms. The third-order valence-corrected chi connectivity index (χ3v) is 14.0. The van der Waals surface area contributed by atoms with Crippen LogP contribution in [0.3, 0.4) is 0 Å². The van der Waals surface area contributed by atoms with Gasteiger partial charge >= 0.3 is 0 Å². The average Bonchev–Trinajstić information content (AvgIpc) is 2.89. The lowest BCUT2D eigenvalue weighted by atomic mass is 9.77. The van der Waals surface area contributed by atoms with Crippen LogP contribution < -0.4 is 0 Å². The number of ether oxygens (including phenoxy) is 1. The van der Waals surface area contributed by atoms with Crippen molar-refractivity contribution >= 4 is 30.0 Å². The van der Waals surface area contributed by atoms with E-state index in [9.17, 15) is 9.90 Å². The van der Waals surface area contributed by atoms with E-state index in [1.807, 2.05) is 0 Å². The van der Waals surface area contributed by atoms with Gasteiger partial charge in [-0.15, -0.1) is 0 Å². The molecule has 25 heavy (non-hydrogen) atoms. The molecule has 0 aromatic carbocycles. The summed E-state index contributed by atoms with van der Waals surface area (Å²) in [5.41, 5.74) is 2.49. The van der Waals surface area contributed by atoms with E-state index in [-0.39, 0.29) is 18.0 Å². The molecule has 3 aliphatic rings. The molecule has 5 atom stereocenters. The van der Waals surface area contributed by atoms with Crippen LogP contribution in [0.2, 0.25) is 16.6 Å². The van der Waals surface area contributed by atoms with Gasteiger partial charge in [0.05, 0.1) is 18.3 Å². The van der Waals surface area contributed by atoms with Gasteiger partial charge < -0.3 is 14.3 Å². The lowest BCUT2D eigenvalue weighted by molar-refractivity contribution is -0.143. The van der Waals surface area contributed by atoms with E-state index in [2.05, 4.69) is 63.5 Å². The van der Waals surface area contributed by atoms with Crippen molar-refractivity contribution in [1.82, 2.24) is 0 Å². The van der Waals surface area contributed by atoms with Gasteiger partial charge in [-0.3, -0.25) is 4.79 Å². The summed E-state index contributed by atoms with van der Waals surface area (Å²) >= 11 is 3.55. The molecule has 1 saturated carbocycles. The van der Waals surface area contributed by atoms with Gasteiger partial charge in [0.25, 0.3) is 0 Å². The highest BCUT2D eigenvalue weighted by Gasteiger charge is 2.63. The summed E-state index contributed by atoms with van der Waals surface area (Å²) in [6.45, 7) is 13.6. The number of ketones is 1. The van der Waals surface area contributed by atoms with Crippen LogP contribution in [0.25, 0.3) is 0 Å². The van der Waals surface area contributed by atoms with Crippen molar-refractivity contribution in [2.24, 2.45) is 0 Å². The Bertz CT molecular complexity index is 566. The van der Waals surface area contributed by atoms with Gasteiger partial charge in [-0.1, -0.05) is 63.5 Å². The maximum Gasteiger partial charge on any atom is 0.201 e. The number of hydrogen-bond donors (Lipinski definition) is 1. The Hall–Kier alpha value is -0.0131. The van der Waals surface area contributed by atoms with E-state index in [0.717, 1.165) is 5.57 Å². The number of rotatable bonds is 5. The van der Waals surface area contributed by atoms with Gasteiger partial charge in [0.1, 0.15) is 10.4 Å². The topological polar surface area (TPSA) is 55.8 Å². The highest BCUT2D eigenvalue weighted by Crippen LogP contribution is 2.53. The highest BCUT2D eigenvalue weighted by atomic mass is 79.9. The number of aliphatic hydroxyl groups is 1. The zero-order valence-electron chi connectivity index (χ0n) is 16.1. The second-order valence-electron chi connectivity index (χ2n) is 8.79. The standard InChI is InChI=1S/C19H31BrO4Si/c1-10(2)25(11(3)4,12(5)6)24-15-9-17(22)19(20)16(21)8-13-7-14(15)18(19)23-13/h7,10-13,15,17-18,22H,8-9H2,1-6H3/t13?,15-,17-,18+,19+/m0/s1. The summed E-state index contributed by atoms with van der Waals surface area (Å²) in [5, 5.41) is 10.8. The van der Waals surface area contributed by atoms with Crippen molar-refractivity contribution < 1.29 is 19.1 Å². The summed E-state index contributed by atoms with van der Waals surface area (Å²) < 4.78 is 12.0. The minimum atomic E-state index is -2.08. The van der Waals surface area contributed by atoms with Gasteiger partial charge in [0.2, 0.25) is 8.32 Å². The minimum Gasteiger partial charge on any atom is -0.409 e. The van der Waals surface area contributed by atoms with Crippen LogP contribution in [0.1, 0.15) is 54.4 Å². The smallest absolute Gasteiger partial charge is 0.201 e. The lowest BCUT2D eigenvalue weighted by Crippen LogP contribution is -2.63. The number of aliphatic hydroxyl groups excluding tert-OH is 1. The van der Waals surface area contributed by atoms with E-state index in [1.165, 1.54) is 0 Å². The Morgan fingerprint density at radius 1 is 1.24 bits per heavy atom. The first kappa shape index (κ1) is 19.7. The van der Waals surface area contributed by atoms with Gasteiger partial charge in [0, 0.05) is 12.8 Å². The number of halogens is 1. The normalized spacial score (nSPS) is 38.0. The Kier molecular flexibility index (Phi) is 5.17. The van der Waals surface area contributed by atoms with Crippen molar-refractivity contribution in [2.45, 2.75) is 99.7 Å². The quantitative estimate of drug-likeness (QED) is 0.404. The number of Topliss-reactive ketones (excluding diaryl/α,β-unsaturated/α-hetero) is 1. The van der Waals surface area contributed by atoms with Crippen LogP contribution >= 0.6 is 15.9 Å². The minimum absolute atomic E-state index is 0.0473. The molecule has 1 unspecified atom stereocenters. The van der Waals surface area contributed by atoms with Crippen molar-refractivity contribution in [2.75, 3.05) is 0 Å². The first-order valence-electron chi connectivity index (χ1n) is 9.50. The molecule has 0 aromatic heterocycles. The third kappa shape index (κ3) is 2.75. The molecule has 6 heteroatoms. The molecule has 1 N–H and O–H groups in total. The Balaban J connectivity index is 1.97. The molecule has 4 nitrogen and oxygen atoms in total. The summed E-state index contributed by atoms with van der Waals surface area (Å²) in [6, 6.07) is 0. The number of carbonyl (C=O) groups excluding carboxylic acids is 1. The van der Waals surface area contributed by atoms with Crippen LogP contribution in [-0.4, -0.2) is 47.9 Å². The van der Waals surface area contributed by atoms with Crippen LogP contribution in [-0.2, 0) is 14.0 Å². The number of hydrogen-bond acceptors (Lipinski definition) is 4. The van der Waals surface area contributed by atoms with Gasteiger partial charge in [0.15, 0.2) is 5.78 Å². The van der Waals surface area contributed by atoms with E-state index >= 15 is 0 Å². The number of alkyl halides is 1. The molecule has 0 radical (unpaired) electrons. The summed E-state index contributed by atoms with van der Waals surface area (Å²) in [4.78, 5) is 12.6. The largest absolute Gasteiger partial charge is 0.409 e. The number of carbonyl (C=O) groups is 1. The first-order valence-corrected chi connectivity index (χ1v) is 12.4. The Morgan fingerprint density at radius 3 is 2.32 bits per heavy atom. The van der Waals surface area contributed by atoms with E-state index in [0.29, 0.717) is 29.5 Å². The van der Waals surface area contributed by atoms with Crippen molar-refractivity contribution in [3.8, 4) is 0 Å². The molecule has 142 valence electrons. The van der Waals surface area contributed by atoms with E-state index < -0.39 is 24.8 Å². The van der Waals surface area contributed by atoms with Crippen molar-refractivity contribution in [3.63, 3.8) is 0 Å². The first-order chi connectivity index (χ1) is 11.5. The van der Waals surface area contributed by atoms with Gasteiger partial charge in [-0.05, 0) is 22.2 Å². The lowest BCUT2D eigenvalue weighted by Gasteiger charge is -2.50. The second-order valence-corrected chi connectivity index (χ2v) is 15.5. The van der Waals surface area contributed by atoms with Gasteiger partial charge in [-0.25, -0.2) is 0 Å². The molecule has 3 rings (SSSR count). The molecule has 0 amide bonds. The molecular formula is C19H31BrO4Si. The maximum atomic E-state index is 12.6. The average molecular weight is 431 g/mol. The maximum absolute atomic E-state index is 12.6. The summed E-state index contributed by atoms with van der Waals surface area (Å²) in [6.07, 6.45) is 1.37. The molecule has 0 spiro atoms. The highest BCUT2D eigenvalue weighted by molar-refractivity contribution is 9.10. The Labute approximate surface area is 160 Å². The van der Waals surface area contributed by atoms with E-state index in [1.54, 1.807) is 0 Å². The predicted molar refractivity (Wildman–Crippen MR) is 105 cm³/mol. The SMILES string of the molecule is CC(C)[Si](O[C@H]1C[C@H](O)[C@]2(Br)C(=O)CC3C=C1[C@H]2O3)(C(C)C)C(C)C. The Morgan fingerprint density at radius 2 is 1.80 bits per heavy atom. The van der Waals surface area contributed by atoms with Crippen LogP contribution in [0, 0.1) is 0 Å². The molecule has 2 fully saturated rings.